The van der Waals surface area contributed by atoms with Crippen molar-refractivity contribution in [3.05, 3.63) is 56.0 Å². The molecule has 0 saturated carbocycles. The van der Waals surface area contributed by atoms with Gasteiger partial charge in [-0.05, 0) is 39.7 Å². The van der Waals surface area contributed by atoms with E-state index in [4.69, 9.17) is 44.8 Å². The molecule has 2 aromatic rings. The summed E-state index contributed by atoms with van der Waals surface area (Å²) >= 11 is 21.1. The van der Waals surface area contributed by atoms with Gasteiger partial charge in [-0.2, -0.15) is 5.26 Å². The van der Waals surface area contributed by atoms with Crippen molar-refractivity contribution in [3.8, 4) is 17.6 Å². The summed E-state index contributed by atoms with van der Waals surface area (Å²) < 4.78 is 6.34. The molecule has 0 N–H and O–H groups in total. The summed E-state index contributed by atoms with van der Waals surface area (Å²) in [6.45, 7) is 0. The third-order valence-electron chi connectivity index (χ3n) is 2.51. The van der Waals surface area contributed by atoms with Crippen LogP contribution in [0.15, 0.2) is 34.8 Å². The Morgan fingerprint density at radius 2 is 1.85 bits per heavy atom. The van der Waals surface area contributed by atoms with Crippen molar-refractivity contribution in [2.75, 3.05) is 0 Å². The van der Waals surface area contributed by atoms with Gasteiger partial charge in [-0.25, -0.2) is 0 Å². The first-order valence-corrected chi connectivity index (χ1v) is 7.55. The van der Waals surface area contributed by atoms with Gasteiger partial charge in [-0.3, -0.25) is 0 Å². The maximum atomic E-state index is 9.14. The van der Waals surface area contributed by atoms with Gasteiger partial charge in [0, 0.05) is 16.4 Å². The number of alkyl halides is 1. The third kappa shape index (κ3) is 3.39. The molecule has 102 valence electrons. The van der Waals surface area contributed by atoms with Gasteiger partial charge >= 0.3 is 0 Å². The van der Waals surface area contributed by atoms with E-state index in [-0.39, 0.29) is 0 Å². The number of halogens is 4. The second kappa shape index (κ2) is 6.69. The molecule has 0 spiro atoms. The van der Waals surface area contributed by atoms with Crippen molar-refractivity contribution in [2.24, 2.45) is 0 Å². The Bertz CT molecular complexity index is 698. The van der Waals surface area contributed by atoms with Crippen LogP contribution in [0.5, 0.6) is 11.5 Å². The molecule has 0 heterocycles. The van der Waals surface area contributed by atoms with Crippen molar-refractivity contribution in [3.63, 3.8) is 0 Å². The van der Waals surface area contributed by atoms with E-state index in [1.165, 1.54) is 0 Å². The molecule has 0 aliphatic rings. The number of hydrogen-bond donors (Lipinski definition) is 0. The van der Waals surface area contributed by atoms with E-state index in [1.54, 1.807) is 30.3 Å². The lowest BCUT2D eigenvalue weighted by Crippen LogP contribution is -1.91. The molecule has 0 aliphatic heterocycles. The molecule has 0 unspecified atom stereocenters. The molecule has 0 radical (unpaired) electrons. The van der Waals surface area contributed by atoms with Crippen LogP contribution in [-0.4, -0.2) is 0 Å². The SMILES string of the molecule is N#Cc1cc(CCl)ccc1Oc1cc(Cl)c(Br)cc1Cl. The lowest BCUT2D eigenvalue weighted by molar-refractivity contribution is 0.481. The van der Waals surface area contributed by atoms with Crippen LogP contribution in [-0.2, 0) is 5.88 Å². The van der Waals surface area contributed by atoms with E-state index in [1.807, 2.05) is 0 Å². The Hall–Kier alpha value is -0.920. The van der Waals surface area contributed by atoms with Gasteiger partial charge in [0.1, 0.15) is 17.6 Å². The molecule has 0 saturated heterocycles. The van der Waals surface area contributed by atoms with Crippen LogP contribution in [0.1, 0.15) is 11.1 Å². The second-order valence-electron chi connectivity index (χ2n) is 3.87. The first-order valence-electron chi connectivity index (χ1n) is 5.46. The number of rotatable bonds is 3. The number of hydrogen-bond acceptors (Lipinski definition) is 2. The van der Waals surface area contributed by atoms with E-state index < -0.39 is 0 Å². The van der Waals surface area contributed by atoms with Gasteiger partial charge < -0.3 is 4.74 Å². The molecule has 0 atom stereocenters. The molecule has 20 heavy (non-hydrogen) atoms. The molecule has 6 heteroatoms. The Morgan fingerprint density at radius 1 is 1.10 bits per heavy atom. The number of benzene rings is 2. The second-order valence-corrected chi connectivity index (χ2v) is 5.81. The van der Waals surface area contributed by atoms with Crippen molar-refractivity contribution >= 4 is 50.7 Å². The fourth-order valence-electron chi connectivity index (χ4n) is 1.54. The van der Waals surface area contributed by atoms with Crippen LogP contribution >= 0.6 is 50.7 Å². The Labute approximate surface area is 140 Å². The Kier molecular flexibility index (Phi) is 5.17. The zero-order valence-corrected chi connectivity index (χ0v) is 13.8. The molecule has 2 rings (SSSR count). The average Bonchev–Trinajstić information content (AvgIpc) is 2.45. The lowest BCUT2D eigenvalue weighted by atomic mass is 10.1. The van der Waals surface area contributed by atoms with E-state index in [0.29, 0.717) is 37.5 Å². The number of nitriles is 1. The minimum Gasteiger partial charge on any atom is -0.454 e. The molecule has 0 bridgehead atoms. The fourth-order valence-corrected chi connectivity index (χ4v) is 2.53. The van der Waals surface area contributed by atoms with E-state index in [2.05, 4.69) is 22.0 Å². The van der Waals surface area contributed by atoms with Crippen LogP contribution < -0.4 is 4.74 Å². The number of ether oxygens (including phenoxy) is 1. The van der Waals surface area contributed by atoms with Crippen molar-refractivity contribution in [1.29, 1.82) is 5.26 Å². The Balaban J connectivity index is 2.40. The average molecular weight is 391 g/mol. The first kappa shape index (κ1) is 15.5. The fraction of sp³-hybridized carbons (Fsp3) is 0.0714. The van der Waals surface area contributed by atoms with Gasteiger partial charge in [0.25, 0.3) is 0 Å². The van der Waals surface area contributed by atoms with Crippen molar-refractivity contribution in [1.82, 2.24) is 0 Å². The zero-order valence-electron chi connectivity index (χ0n) is 9.96. The minimum absolute atomic E-state index is 0.333. The highest BCUT2D eigenvalue weighted by Crippen LogP contribution is 2.37. The molecular formula is C14H7BrCl3NO. The zero-order chi connectivity index (χ0) is 14.7. The first-order chi connectivity index (χ1) is 9.55. The van der Waals surface area contributed by atoms with Gasteiger partial charge in [0.15, 0.2) is 0 Å². The van der Waals surface area contributed by atoms with Gasteiger partial charge in [-0.15, -0.1) is 11.6 Å². The van der Waals surface area contributed by atoms with Crippen LogP contribution in [0.3, 0.4) is 0 Å². The summed E-state index contributed by atoms with van der Waals surface area (Å²) in [6.07, 6.45) is 0. The molecule has 0 aliphatic carbocycles. The van der Waals surface area contributed by atoms with Crippen LogP contribution in [0, 0.1) is 11.3 Å². The summed E-state index contributed by atoms with van der Waals surface area (Å²) in [5, 5.41) is 10.0. The standard InChI is InChI=1S/C14H7BrCl3NO/c15-10-4-12(18)14(5-11(10)17)20-13-2-1-8(6-16)3-9(13)7-19/h1-5H,6H2. The van der Waals surface area contributed by atoms with Crippen LogP contribution in [0.4, 0.5) is 0 Å². The summed E-state index contributed by atoms with van der Waals surface area (Å²) in [7, 11) is 0. The topological polar surface area (TPSA) is 33.0 Å². The van der Waals surface area contributed by atoms with E-state index >= 15 is 0 Å². The minimum atomic E-state index is 0.333. The molecule has 2 nitrogen and oxygen atoms in total. The van der Waals surface area contributed by atoms with Gasteiger partial charge in [-0.1, -0.05) is 29.3 Å². The summed E-state index contributed by atoms with van der Waals surface area (Å²) in [4.78, 5) is 0. The largest absolute Gasteiger partial charge is 0.454 e. The molecule has 0 amide bonds. The predicted octanol–water partition coefficient (Wildman–Crippen LogP) is 6.16. The summed E-state index contributed by atoms with van der Waals surface area (Å²) in [5.74, 6) is 1.12. The molecule has 0 aromatic heterocycles. The van der Waals surface area contributed by atoms with E-state index in [0.717, 1.165) is 5.56 Å². The molecule has 0 fully saturated rings. The van der Waals surface area contributed by atoms with Crippen molar-refractivity contribution < 1.29 is 4.74 Å². The highest BCUT2D eigenvalue weighted by Gasteiger charge is 2.11. The maximum Gasteiger partial charge on any atom is 0.147 e. The van der Waals surface area contributed by atoms with E-state index in [9.17, 15) is 0 Å². The third-order valence-corrected chi connectivity index (χ3v) is 4.31. The van der Waals surface area contributed by atoms with Gasteiger partial charge in [0.2, 0.25) is 0 Å². The van der Waals surface area contributed by atoms with Crippen LogP contribution in [0.25, 0.3) is 0 Å². The smallest absolute Gasteiger partial charge is 0.147 e. The predicted molar refractivity (Wildman–Crippen MR) is 85.0 cm³/mol. The molecular weight excluding hydrogens is 384 g/mol. The van der Waals surface area contributed by atoms with Gasteiger partial charge in [0.05, 0.1) is 15.6 Å². The van der Waals surface area contributed by atoms with Crippen LogP contribution in [0.2, 0.25) is 10.0 Å². The summed E-state index contributed by atoms with van der Waals surface area (Å²) in [5.41, 5.74) is 1.23. The quantitative estimate of drug-likeness (QED) is 0.464. The highest BCUT2D eigenvalue weighted by atomic mass is 79.9. The molecule has 2 aromatic carbocycles. The Morgan fingerprint density at radius 3 is 2.50 bits per heavy atom. The van der Waals surface area contributed by atoms with Crippen molar-refractivity contribution in [2.45, 2.75) is 5.88 Å². The summed E-state index contributed by atoms with van der Waals surface area (Å²) in [6, 6.07) is 10.4. The normalized spacial score (nSPS) is 10.2. The monoisotopic (exact) mass is 389 g/mol. The maximum absolute atomic E-state index is 9.14. The highest BCUT2D eigenvalue weighted by molar-refractivity contribution is 9.10. The number of nitrogens with zero attached hydrogens (tertiary/aromatic N) is 1. The lowest BCUT2D eigenvalue weighted by Gasteiger charge is -2.11.